The number of benzene rings is 1. The van der Waals surface area contributed by atoms with Crippen molar-refractivity contribution in [1.82, 2.24) is 0 Å². The van der Waals surface area contributed by atoms with Crippen LogP contribution in [0.2, 0.25) is 0 Å². The number of aryl methyl sites for hydroxylation is 1. The minimum Gasteiger partial charge on any atom is -0.459 e. The third kappa shape index (κ3) is 8.78. The van der Waals surface area contributed by atoms with E-state index in [1.54, 1.807) is 0 Å². The molecule has 0 heterocycles. The number of ether oxygens (including phenoxy) is 1. The van der Waals surface area contributed by atoms with Crippen LogP contribution in [0.15, 0.2) is 24.3 Å². The van der Waals surface area contributed by atoms with Crippen molar-refractivity contribution in [3.05, 3.63) is 35.4 Å². The fourth-order valence-corrected chi connectivity index (χ4v) is 2.82. The van der Waals surface area contributed by atoms with Crippen molar-refractivity contribution in [2.24, 2.45) is 0 Å². The first-order chi connectivity index (χ1) is 11.2. The van der Waals surface area contributed by atoms with Gasteiger partial charge < -0.3 is 4.74 Å². The van der Waals surface area contributed by atoms with Crippen molar-refractivity contribution in [2.45, 2.75) is 91.1 Å². The SMILES string of the molecule is CCCCCCCCCC(CCC)OC(=O)c1ccc(C)cc1. The molecule has 130 valence electrons. The summed E-state index contributed by atoms with van der Waals surface area (Å²) < 4.78 is 5.72. The summed E-state index contributed by atoms with van der Waals surface area (Å²) in [4.78, 5) is 12.2. The highest BCUT2D eigenvalue weighted by atomic mass is 16.5. The summed E-state index contributed by atoms with van der Waals surface area (Å²) in [5, 5.41) is 0. The van der Waals surface area contributed by atoms with Crippen LogP contribution in [0.25, 0.3) is 0 Å². The molecule has 1 atom stereocenters. The summed E-state index contributed by atoms with van der Waals surface area (Å²) >= 11 is 0. The van der Waals surface area contributed by atoms with Gasteiger partial charge in [0.1, 0.15) is 6.10 Å². The second kappa shape index (κ2) is 12.2. The molecule has 2 heteroatoms. The van der Waals surface area contributed by atoms with Gasteiger partial charge >= 0.3 is 5.97 Å². The van der Waals surface area contributed by atoms with Gasteiger partial charge in [-0.25, -0.2) is 4.79 Å². The third-order valence-corrected chi connectivity index (χ3v) is 4.30. The average molecular weight is 319 g/mol. The summed E-state index contributed by atoms with van der Waals surface area (Å²) in [6, 6.07) is 7.63. The molecule has 0 radical (unpaired) electrons. The molecular weight excluding hydrogens is 284 g/mol. The molecule has 1 rings (SSSR count). The van der Waals surface area contributed by atoms with E-state index in [2.05, 4.69) is 13.8 Å². The Bertz CT molecular complexity index is 422. The molecule has 0 bridgehead atoms. The van der Waals surface area contributed by atoms with Crippen molar-refractivity contribution in [1.29, 1.82) is 0 Å². The Labute approximate surface area is 142 Å². The van der Waals surface area contributed by atoms with E-state index in [1.807, 2.05) is 31.2 Å². The first-order valence-electron chi connectivity index (χ1n) is 9.45. The van der Waals surface area contributed by atoms with Crippen molar-refractivity contribution in [3.63, 3.8) is 0 Å². The molecule has 0 spiro atoms. The molecule has 0 aliphatic carbocycles. The highest BCUT2D eigenvalue weighted by Crippen LogP contribution is 2.16. The van der Waals surface area contributed by atoms with Crippen LogP contribution in [-0.2, 0) is 4.74 Å². The Kier molecular flexibility index (Phi) is 10.4. The van der Waals surface area contributed by atoms with Gasteiger partial charge in [-0.1, -0.05) is 76.5 Å². The zero-order valence-electron chi connectivity index (χ0n) is 15.3. The first kappa shape index (κ1) is 19.7. The topological polar surface area (TPSA) is 26.3 Å². The Balaban J connectivity index is 2.30. The van der Waals surface area contributed by atoms with E-state index in [0.29, 0.717) is 5.56 Å². The van der Waals surface area contributed by atoms with Crippen molar-refractivity contribution < 1.29 is 9.53 Å². The largest absolute Gasteiger partial charge is 0.459 e. The number of esters is 1. The molecule has 1 aromatic carbocycles. The van der Waals surface area contributed by atoms with E-state index >= 15 is 0 Å². The molecule has 0 fully saturated rings. The average Bonchev–Trinajstić information content (AvgIpc) is 2.54. The Morgan fingerprint density at radius 2 is 1.48 bits per heavy atom. The maximum atomic E-state index is 12.2. The zero-order valence-corrected chi connectivity index (χ0v) is 15.3. The lowest BCUT2D eigenvalue weighted by Gasteiger charge is -2.17. The first-order valence-corrected chi connectivity index (χ1v) is 9.45. The van der Waals surface area contributed by atoms with Gasteiger partial charge in [0.15, 0.2) is 0 Å². The normalized spacial score (nSPS) is 12.1. The van der Waals surface area contributed by atoms with Gasteiger partial charge in [0.05, 0.1) is 5.56 Å². The molecule has 2 nitrogen and oxygen atoms in total. The van der Waals surface area contributed by atoms with Gasteiger partial charge in [0, 0.05) is 0 Å². The van der Waals surface area contributed by atoms with E-state index in [1.165, 1.54) is 38.5 Å². The van der Waals surface area contributed by atoms with E-state index in [-0.39, 0.29) is 12.1 Å². The Morgan fingerprint density at radius 3 is 2.09 bits per heavy atom. The van der Waals surface area contributed by atoms with Crippen LogP contribution in [0.3, 0.4) is 0 Å². The molecule has 0 aliphatic rings. The number of hydrogen-bond acceptors (Lipinski definition) is 2. The summed E-state index contributed by atoms with van der Waals surface area (Å²) in [6.07, 6.45) is 12.2. The zero-order chi connectivity index (χ0) is 16.9. The van der Waals surface area contributed by atoms with Crippen molar-refractivity contribution >= 4 is 5.97 Å². The minimum atomic E-state index is -0.175. The van der Waals surface area contributed by atoms with Crippen LogP contribution in [0.4, 0.5) is 0 Å². The van der Waals surface area contributed by atoms with Gasteiger partial charge in [0.2, 0.25) is 0 Å². The Hall–Kier alpha value is -1.31. The molecule has 0 N–H and O–H groups in total. The van der Waals surface area contributed by atoms with Crippen LogP contribution in [0.5, 0.6) is 0 Å². The van der Waals surface area contributed by atoms with Crippen LogP contribution in [-0.4, -0.2) is 12.1 Å². The van der Waals surface area contributed by atoms with Gasteiger partial charge in [0.25, 0.3) is 0 Å². The lowest BCUT2D eigenvalue weighted by Crippen LogP contribution is -2.18. The fraction of sp³-hybridized carbons (Fsp3) is 0.667. The number of carbonyl (C=O) groups is 1. The summed E-state index contributed by atoms with van der Waals surface area (Å²) in [6.45, 7) is 6.42. The van der Waals surface area contributed by atoms with E-state index in [9.17, 15) is 4.79 Å². The molecule has 1 aromatic rings. The monoisotopic (exact) mass is 318 g/mol. The minimum absolute atomic E-state index is 0.0736. The second-order valence-corrected chi connectivity index (χ2v) is 6.59. The molecule has 0 saturated carbocycles. The standard InChI is InChI=1S/C21H34O2/c1-4-6-7-8-9-10-11-13-20(12-5-2)23-21(22)19-16-14-18(3)15-17-19/h14-17,20H,4-13H2,1-3H3. The van der Waals surface area contributed by atoms with E-state index < -0.39 is 0 Å². The lowest BCUT2D eigenvalue weighted by molar-refractivity contribution is 0.0253. The predicted octanol–water partition coefficient (Wildman–Crippen LogP) is 6.46. The highest BCUT2D eigenvalue weighted by molar-refractivity contribution is 5.89. The van der Waals surface area contributed by atoms with Gasteiger partial charge in [-0.2, -0.15) is 0 Å². The highest BCUT2D eigenvalue weighted by Gasteiger charge is 2.15. The molecule has 0 amide bonds. The third-order valence-electron chi connectivity index (χ3n) is 4.30. The summed E-state index contributed by atoms with van der Waals surface area (Å²) in [7, 11) is 0. The van der Waals surface area contributed by atoms with Crippen molar-refractivity contribution in [3.8, 4) is 0 Å². The summed E-state index contributed by atoms with van der Waals surface area (Å²) in [5.41, 5.74) is 1.82. The number of rotatable bonds is 12. The lowest BCUT2D eigenvalue weighted by atomic mass is 10.0. The molecule has 0 aliphatic heterocycles. The smallest absolute Gasteiger partial charge is 0.338 e. The van der Waals surface area contributed by atoms with Gasteiger partial charge in [-0.3, -0.25) is 0 Å². The van der Waals surface area contributed by atoms with E-state index in [4.69, 9.17) is 4.74 Å². The predicted molar refractivity (Wildman–Crippen MR) is 97.9 cm³/mol. The second-order valence-electron chi connectivity index (χ2n) is 6.59. The van der Waals surface area contributed by atoms with Crippen LogP contribution < -0.4 is 0 Å². The molecule has 23 heavy (non-hydrogen) atoms. The van der Waals surface area contributed by atoms with E-state index in [0.717, 1.165) is 31.2 Å². The number of carbonyl (C=O) groups excluding carboxylic acids is 1. The summed E-state index contributed by atoms with van der Waals surface area (Å²) in [5.74, 6) is -0.175. The fourth-order valence-electron chi connectivity index (χ4n) is 2.82. The molecular formula is C21H34O2. The van der Waals surface area contributed by atoms with Crippen LogP contribution in [0, 0.1) is 6.92 Å². The molecule has 1 unspecified atom stereocenters. The van der Waals surface area contributed by atoms with Crippen LogP contribution >= 0.6 is 0 Å². The Morgan fingerprint density at radius 1 is 0.870 bits per heavy atom. The van der Waals surface area contributed by atoms with Gasteiger partial charge in [-0.05, 0) is 38.3 Å². The van der Waals surface area contributed by atoms with Crippen molar-refractivity contribution in [2.75, 3.05) is 0 Å². The molecule has 0 saturated heterocycles. The number of unbranched alkanes of at least 4 members (excludes halogenated alkanes) is 6. The van der Waals surface area contributed by atoms with Gasteiger partial charge in [-0.15, -0.1) is 0 Å². The number of hydrogen-bond donors (Lipinski definition) is 0. The van der Waals surface area contributed by atoms with Crippen LogP contribution in [0.1, 0.15) is 94.0 Å². The maximum Gasteiger partial charge on any atom is 0.338 e. The quantitative estimate of drug-likeness (QED) is 0.326. The molecule has 0 aromatic heterocycles. The maximum absolute atomic E-state index is 12.2.